The zero-order valence-corrected chi connectivity index (χ0v) is 13.9. The lowest BCUT2D eigenvalue weighted by atomic mass is 10.1. The third-order valence-electron chi connectivity index (χ3n) is 3.08. The number of aryl methyl sites for hydroxylation is 1. The van der Waals surface area contributed by atoms with Crippen LogP contribution in [0.2, 0.25) is 0 Å². The Hall–Kier alpha value is -1.57. The zero-order valence-electron chi connectivity index (χ0n) is 12.2. The van der Waals surface area contributed by atoms with E-state index in [0.717, 1.165) is 22.6 Å². The first-order valence-corrected chi connectivity index (χ1v) is 7.96. The number of rotatable bonds is 3. The summed E-state index contributed by atoms with van der Waals surface area (Å²) in [7, 11) is 0. The van der Waals surface area contributed by atoms with E-state index in [9.17, 15) is 13.2 Å². The van der Waals surface area contributed by atoms with Crippen LogP contribution in [0, 0.1) is 6.92 Å². The lowest BCUT2D eigenvalue weighted by Gasteiger charge is -2.17. The molecular weight excluding hydrogens is 341 g/mol. The smallest absolute Gasteiger partial charge is 0.352 e. The maximum absolute atomic E-state index is 12.7. The Morgan fingerprint density at radius 1 is 1.17 bits per heavy atom. The molecule has 0 aliphatic heterocycles. The first-order valence-electron chi connectivity index (χ1n) is 6.73. The van der Waals surface area contributed by atoms with Crippen LogP contribution in [0.3, 0.4) is 0 Å². The summed E-state index contributed by atoms with van der Waals surface area (Å²) >= 11 is 6.50. The molecule has 0 aromatic heterocycles. The molecule has 0 spiro atoms. The molecule has 0 radical (unpaired) electrons. The largest absolute Gasteiger partial charge is 0.416 e. The number of halogens is 3. The van der Waals surface area contributed by atoms with Gasteiger partial charge in [0.1, 0.15) is 10.5 Å². The summed E-state index contributed by atoms with van der Waals surface area (Å²) in [6, 6.07) is 12.7. The van der Waals surface area contributed by atoms with E-state index in [1.54, 1.807) is 0 Å². The SMILES string of the molecule is Cc1ccc(SC(=S)NC(N)c2cccc(C(F)(F)F)c2)cc1. The minimum atomic E-state index is -4.40. The fourth-order valence-electron chi connectivity index (χ4n) is 1.86. The van der Waals surface area contributed by atoms with E-state index in [1.807, 2.05) is 31.2 Å². The van der Waals surface area contributed by atoms with Crippen molar-refractivity contribution in [1.82, 2.24) is 5.32 Å². The molecule has 2 rings (SSSR count). The van der Waals surface area contributed by atoms with Crippen molar-refractivity contribution in [2.45, 2.75) is 24.2 Å². The van der Waals surface area contributed by atoms with E-state index in [1.165, 1.54) is 23.9 Å². The Morgan fingerprint density at radius 3 is 2.43 bits per heavy atom. The van der Waals surface area contributed by atoms with Crippen molar-refractivity contribution in [2.24, 2.45) is 5.73 Å². The molecule has 0 aliphatic rings. The van der Waals surface area contributed by atoms with E-state index >= 15 is 0 Å². The topological polar surface area (TPSA) is 38.0 Å². The Bertz CT molecular complexity index is 684. The Morgan fingerprint density at radius 2 is 1.83 bits per heavy atom. The van der Waals surface area contributed by atoms with Gasteiger partial charge in [0.15, 0.2) is 0 Å². The number of hydrogen-bond acceptors (Lipinski definition) is 3. The first kappa shape index (κ1) is 17.8. The fraction of sp³-hybridized carbons (Fsp3) is 0.188. The van der Waals surface area contributed by atoms with Crippen molar-refractivity contribution in [3.05, 3.63) is 65.2 Å². The molecule has 1 unspecified atom stereocenters. The van der Waals surface area contributed by atoms with Gasteiger partial charge < -0.3 is 11.1 Å². The van der Waals surface area contributed by atoms with Gasteiger partial charge in [0.2, 0.25) is 0 Å². The first-order chi connectivity index (χ1) is 10.8. The number of nitrogens with two attached hydrogens (primary N) is 1. The molecule has 3 N–H and O–H groups in total. The molecule has 122 valence electrons. The van der Waals surface area contributed by atoms with Crippen molar-refractivity contribution < 1.29 is 13.2 Å². The zero-order chi connectivity index (χ0) is 17.0. The van der Waals surface area contributed by atoms with Crippen LogP contribution in [0.15, 0.2) is 53.4 Å². The third-order valence-corrected chi connectivity index (χ3v) is 4.26. The van der Waals surface area contributed by atoms with Crippen LogP contribution in [-0.2, 0) is 6.18 Å². The van der Waals surface area contributed by atoms with Crippen molar-refractivity contribution >= 4 is 28.3 Å². The van der Waals surface area contributed by atoms with Crippen LogP contribution >= 0.6 is 24.0 Å². The van der Waals surface area contributed by atoms with Crippen molar-refractivity contribution in [3.63, 3.8) is 0 Å². The van der Waals surface area contributed by atoms with Crippen molar-refractivity contribution in [3.8, 4) is 0 Å². The summed E-state index contributed by atoms with van der Waals surface area (Å²) in [5, 5.41) is 2.84. The molecule has 0 amide bonds. The predicted molar refractivity (Wildman–Crippen MR) is 91.1 cm³/mol. The molecule has 2 aromatic rings. The van der Waals surface area contributed by atoms with Gasteiger partial charge >= 0.3 is 6.18 Å². The maximum Gasteiger partial charge on any atom is 0.416 e. The van der Waals surface area contributed by atoms with Gasteiger partial charge in [0, 0.05) is 4.90 Å². The van der Waals surface area contributed by atoms with Gasteiger partial charge in [-0.1, -0.05) is 53.8 Å². The molecule has 0 saturated carbocycles. The number of benzene rings is 2. The molecule has 7 heteroatoms. The van der Waals surface area contributed by atoms with Gasteiger partial charge in [-0.2, -0.15) is 13.2 Å². The second kappa shape index (κ2) is 7.33. The van der Waals surface area contributed by atoms with Crippen LogP contribution in [0.5, 0.6) is 0 Å². The predicted octanol–water partition coefficient (Wildman–Crippen LogP) is 4.64. The highest BCUT2D eigenvalue weighted by atomic mass is 32.2. The highest BCUT2D eigenvalue weighted by Crippen LogP contribution is 2.30. The molecule has 0 aliphatic carbocycles. The number of hydrogen-bond donors (Lipinski definition) is 2. The molecule has 2 nitrogen and oxygen atoms in total. The van der Waals surface area contributed by atoms with E-state index in [0.29, 0.717) is 9.88 Å². The van der Waals surface area contributed by atoms with E-state index in [4.69, 9.17) is 18.0 Å². The van der Waals surface area contributed by atoms with Gasteiger partial charge in [-0.15, -0.1) is 0 Å². The molecular formula is C16H15F3N2S2. The van der Waals surface area contributed by atoms with E-state index < -0.39 is 17.9 Å². The normalized spacial score (nSPS) is 12.7. The molecule has 0 bridgehead atoms. The van der Waals surface area contributed by atoms with Gasteiger partial charge in [0.25, 0.3) is 0 Å². The van der Waals surface area contributed by atoms with Crippen LogP contribution in [0.25, 0.3) is 0 Å². The summed E-state index contributed by atoms with van der Waals surface area (Å²) in [5.41, 5.74) is 6.63. The summed E-state index contributed by atoms with van der Waals surface area (Å²) in [6.45, 7) is 1.98. The Balaban J connectivity index is 2.02. The standard InChI is InChI=1S/C16H15F3N2S2/c1-10-5-7-13(8-6-10)23-15(22)21-14(20)11-3-2-4-12(9-11)16(17,18)19/h2-9,14H,20H2,1H3,(H,21,22). The number of thiocarbonyl (C=S) groups is 1. The van der Waals surface area contributed by atoms with Crippen LogP contribution in [-0.4, -0.2) is 4.32 Å². The van der Waals surface area contributed by atoms with Gasteiger partial charge in [0.05, 0.1) is 5.56 Å². The number of alkyl halides is 3. The third kappa shape index (κ3) is 5.23. The van der Waals surface area contributed by atoms with Crippen LogP contribution in [0.1, 0.15) is 22.9 Å². The van der Waals surface area contributed by atoms with Crippen molar-refractivity contribution in [2.75, 3.05) is 0 Å². The monoisotopic (exact) mass is 356 g/mol. The molecule has 0 heterocycles. The van der Waals surface area contributed by atoms with Crippen LogP contribution in [0.4, 0.5) is 13.2 Å². The second-order valence-corrected chi connectivity index (χ2v) is 6.70. The maximum atomic E-state index is 12.7. The lowest BCUT2D eigenvalue weighted by Crippen LogP contribution is -2.31. The second-order valence-electron chi connectivity index (χ2n) is 4.95. The van der Waals surface area contributed by atoms with Gasteiger partial charge in [-0.05, 0) is 36.8 Å². The quantitative estimate of drug-likeness (QED) is 0.477. The minimum Gasteiger partial charge on any atom is -0.352 e. The fourth-order valence-corrected chi connectivity index (χ4v) is 2.95. The molecule has 1 atom stereocenters. The van der Waals surface area contributed by atoms with Gasteiger partial charge in [-0.25, -0.2) is 0 Å². The Labute approximate surface area is 142 Å². The average molecular weight is 356 g/mol. The minimum absolute atomic E-state index is 0.326. The molecule has 2 aromatic carbocycles. The molecule has 0 saturated heterocycles. The summed E-state index contributed by atoms with van der Waals surface area (Å²) in [6.07, 6.45) is -5.20. The summed E-state index contributed by atoms with van der Waals surface area (Å²) in [5.74, 6) is 0. The highest BCUT2D eigenvalue weighted by molar-refractivity contribution is 8.23. The Kier molecular flexibility index (Phi) is 5.67. The van der Waals surface area contributed by atoms with E-state index in [2.05, 4.69) is 5.32 Å². The summed E-state index contributed by atoms with van der Waals surface area (Å²) in [4.78, 5) is 0.935. The van der Waals surface area contributed by atoms with Crippen molar-refractivity contribution in [1.29, 1.82) is 0 Å². The van der Waals surface area contributed by atoms with Crippen LogP contribution < -0.4 is 11.1 Å². The van der Waals surface area contributed by atoms with Gasteiger partial charge in [-0.3, -0.25) is 0 Å². The highest BCUT2D eigenvalue weighted by Gasteiger charge is 2.30. The molecule has 0 fully saturated rings. The lowest BCUT2D eigenvalue weighted by molar-refractivity contribution is -0.137. The number of thioether (sulfide) groups is 1. The summed E-state index contributed by atoms with van der Waals surface area (Å²) < 4.78 is 38.6. The van der Waals surface area contributed by atoms with E-state index in [-0.39, 0.29) is 0 Å². The molecule has 23 heavy (non-hydrogen) atoms. The number of nitrogens with one attached hydrogen (secondary N) is 1. The average Bonchev–Trinajstić information content (AvgIpc) is 2.49.